The monoisotopic (exact) mass is 307 g/mol. The van der Waals surface area contributed by atoms with E-state index in [0.29, 0.717) is 12.4 Å². The molecule has 0 aliphatic rings. The van der Waals surface area contributed by atoms with Crippen LogP contribution in [-0.2, 0) is 6.54 Å². The summed E-state index contributed by atoms with van der Waals surface area (Å²) >= 11 is 3.52. The standard InChI is InChI=1S/C13H14BrN3O/c1-9-5-6-15-13(12(9)14)17-8-10-3-4-11(18-2)16-7-10/h3-7H,8H2,1-2H3,(H,15,17). The molecule has 94 valence electrons. The Bertz CT molecular complexity index is 528. The van der Waals surface area contributed by atoms with Crippen molar-refractivity contribution in [2.75, 3.05) is 12.4 Å². The number of halogens is 1. The van der Waals surface area contributed by atoms with Gasteiger partial charge in [-0.25, -0.2) is 9.97 Å². The Kier molecular flexibility index (Phi) is 4.15. The van der Waals surface area contributed by atoms with Crippen LogP contribution in [0.3, 0.4) is 0 Å². The number of pyridine rings is 2. The van der Waals surface area contributed by atoms with Gasteiger partial charge in [0.1, 0.15) is 5.82 Å². The zero-order chi connectivity index (χ0) is 13.0. The molecule has 0 aliphatic carbocycles. The molecule has 18 heavy (non-hydrogen) atoms. The molecule has 0 saturated heterocycles. The number of nitrogens with one attached hydrogen (secondary N) is 1. The Labute approximate surface area is 115 Å². The number of methoxy groups -OCH3 is 1. The van der Waals surface area contributed by atoms with E-state index in [0.717, 1.165) is 21.4 Å². The molecule has 0 unspecified atom stereocenters. The van der Waals surface area contributed by atoms with Gasteiger partial charge in [-0.15, -0.1) is 0 Å². The van der Waals surface area contributed by atoms with Crippen molar-refractivity contribution in [1.29, 1.82) is 0 Å². The molecule has 2 rings (SSSR count). The van der Waals surface area contributed by atoms with Gasteiger partial charge in [0, 0.05) is 25.0 Å². The number of ether oxygens (including phenoxy) is 1. The van der Waals surface area contributed by atoms with Gasteiger partial charge in [-0.1, -0.05) is 6.07 Å². The van der Waals surface area contributed by atoms with E-state index in [9.17, 15) is 0 Å². The fourth-order valence-electron chi connectivity index (χ4n) is 1.49. The van der Waals surface area contributed by atoms with Gasteiger partial charge in [0.25, 0.3) is 0 Å². The van der Waals surface area contributed by atoms with Crippen molar-refractivity contribution in [2.24, 2.45) is 0 Å². The third-order valence-electron chi connectivity index (χ3n) is 2.55. The number of hydrogen-bond donors (Lipinski definition) is 1. The maximum Gasteiger partial charge on any atom is 0.212 e. The lowest BCUT2D eigenvalue weighted by molar-refractivity contribution is 0.397. The molecule has 0 spiro atoms. The van der Waals surface area contributed by atoms with Gasteiger partial charge < -0.3 is 10.1 Å². The molecule has 2 aromatic heterocycles. The average Bonchev–Trinajstić information content (AvgIpc) is 2.41. The first-order valence-corrected chi connectivity index (χ1v) is 6.34. The van der Waals surface area contributed by atoms with E-state index >= 15 is 0 Å². The molecule has 0 aromatic carbocycles. The fourth-order valence-corrected chi connectivity index (χ4v) is 1.86. The van der Waals surface area contributed by atoms with Gasteiger partial charge in [-0.05, 0) is 40.0 Å². The van der Waals surface area contributed by atoms with Crippen molar-refractivity contribution in [1.82, 2.24) is 9.97 Å². The third kappa shape index (κ3) is 2.98. The topological polar surface area (TPSA) is 47.0 Å². The molecule has 0 atom stereocenters. The Balaban J connectivity index is 2.04. The highest BCUT2D eigenvalue weighted by Crippen LogP contribution is 2.23. The van der Waals surface area contributed by atoms with Crippen molar-refractivity contribution >= 4 is 21.7 Å². The summed E-state index contributed by atoms with van der Waals surface area (Å²) in [6, 6.07) is 5.78. The predicted octanol–water partition coefficient (Wildman–Crippen LogP) is 3.17. The van der Waals surface area contributed by atoms with Crippen LogP contribution in [0.4, 0.5) is 5.82 Å². The van der Waals surface area contributed by atoms with Crippen LogP contribution in [0.25, 0.3) is 0 Å². The minimum atomic E-state index is 0.619. The normalized spacial score (nSPS) is 10.2. The lowest BCUT2D eigenvalue weighted by Crippen LogP contribution is -2.03. The maximum atomic E-state index is 5.02. The Morgan fingerprint density at radius 2 is 2.11 bits per heavy atom. The summed E-state index contributed by atoms with van der Waals surface area (Å²) in [6.07, 6.45) is 3.57. The number of aromatic nitrogens is 2. The SMILES string of the molecule is COc1ccc(CNc2nccc(C)c2Br)cn1. The van der Waals surface area contributed by atoms with Crippen molar-refractivity contribution in [3.8, 4) is 5.88 Å². The van der Waals surface area contributed by atoms with Gasteiger partial charge in [0.05, 0.1) is 11.6 Å². The molecule has 0 radical (unpaired) electrons. The van der Waals surface area contributed by atoms with Gasteiger partial charge in [0.15, 0.2) is 0 Å². The van der Waals surface area contributed by atoms with Crippen LogP contribution in [0.15, 0.2) is 35.1 Å². The van der Waals surface area contributed by atoms with Crippen LogP contribution >= 0.6 is 15.9 Å². The minimum Gasteiger partial charge on any atom is -0.481 e. The lowest BCUT2D eigenvalue weighted by Gasteiger charge is -2.09. The number of aryl methyl sites for hydroxylation is 1. The maximum absolute atomic E-state index is 5.02. The van der Waals surface area contributed by atoms with Crippen LogP contribution < -0.4 is 10.1 Å². The number of anilines is 1. The Morgan fingerprint density at radius 3 is 2.78 bits per heavy atom. The second kappa shape index (κ2) is 5.82. The van der Waals surface area contributed by atoms with Crippen LogP contribution in [0.5, 0.6) is 5.88 Å². The molecule has 4 nitrogen and oxygen atoms in total. The second-order valence-corrected chi connectivity index (χ2v) is 4.65. The van der Waals surface area contributed by atoms with E-state index in [2.05, 4.69) is 31.2 Å². The zero-order valence-electron chi connectivity index (χ0n) is 10.3. The van der Waals surface area contributed by atoms with Gasteiger partial charge in [-0.3, -0.25) is 0 Å². The Hall–Kier alpha value is -1.62. The van der Waals surface area contributed by atoms with E-state index in [4.69, 9.17) is 4.74 Å². The van der Waals surface area contributed by atoms with E-state index in [-0.39, 0.29) is 0 Å². The molecule has 0 amide bonds. The van der Waals surface area contributed by atoms with Crippen molar-refractivity contribution in [3.63, 3.8) is 0 Å². The van der Waals surface area contributed by atoms with E-state index in [1.54, 1.807) is 19.5 Å². The van der Waals surface area contributed by atoms with Gasteiger partial charge in [0.2, 0.25) is 5.88 Å². The van der Waals surface area contributed by atoms with Gasteiger partial charge in [-0.2, -0.15) is 0 Å². The van der Waals surface area contributed by atoms with Crippen LogP contribution in [0.2, 0.25) is 0 Å². The molecular formula is C13H14BrN3O. The van der Waals surface area contributed by atoms with E-state index in [1.165, 1.54) is 0 Å². The molecule has 2 heterocycles. The van der Waals surface area contributed by atoms with Crippen molar-refractivity contribution in [2.45, 2.75) is 13.5 Å². The van der Waals surface area contributed by atoms with E-state index < -0.39 is 0 Å². The third-order valence-corrected chi connectivity index (χ3v) is 3.55. The van der Waals surface area contributed by atoms with Crippen molar-refractivity contribution in [3.05, 3.63) is 46.2 Å². The summed E-state index contributed by atoms with van der Waals surface area (Å²) in [5, 5.41) is 3.27. The van der Waals surface area contributed by atoms with E-state index in [1.807, 2.05) is 25.1 Å². The molecule has 0 bridgehead atoms. The first-order valence-electron chi connectivity index (χ1n) is 5.54. The summed E-state index contributed by atoms with van der Waals surface area (Å²) in [4.78, 5) is 8.44. The number of hydrogen-bond acceptors (Lipinski definition) is 4. The first-order chi connectivity index (χ1) is 8.70. The highest BCUT2D eigenvalue weighted by atomic mass is 79.9. The van der Waals surface area contributed by atoms with Crippen molar-refractivity contribution < 1.29 is 4.74 Å². The summed E-state index contributed by atoms with van der Waals surface area (Å²) < 4.78 is 6.01. The molecule has 0 fully saturated rings. The molecule has 0 saturated carbocycles. The predicted molar refractivity (Wildman–Crippen MR) is 74.8 cm³/mol. The smallest absolute Gasteiger partial charge is 0.212 e. The summed E-state index contributed by atoms with van der Waals surface area (Å²) in [5.41, 5.74) is 2.23. The summed E-state index contributed by atoms with van der Waals surface area (Å²) in [6.45, 7) is 2.71. The molecule has 0 aliphatic heterocycles. The highest BCUT2D eigenvalue weighted by molar-refractivity contribution is 9.10. The summed E-state index contributed by atoms with van der Waals surface area (Å²) in [7, 11) is 1.61. The number of nitrogens with zero attached hydrogens (tertiary/aromatic N) is 2. The zero-order valence-corrected chi connectivity index (χ0v) is 11.9. The molecule has 2 aromatic rings. The second-order valence-electron chi connectivity index (χ2n) is 3.85. The molecular weight excluding hydrogens is 294 g/mol. The quantitative estimate of drug-likeness (QED) is 0.942. The van der Waals surface area contributed by atoms with Crippen LogP contribution in [0, 0.1) is 6.92 Å². The first kappa shape index (κ1) is 12.8. The minimum absolute atomic E-state index is 0.619. The fraction of sp³-hybridized carbons (Fsp3) is 0.231. The molecule has 5 heteroatoms. The summed E-state index contributed by atoms with van der Waals surface area (Å²) in [5.74, 6) is 1.46. The number of rotatable bonds is 4. The Morgan fingerprint density at radius 1 is 1.28 bits per heavy atom. The highest BCUT2D eigenvalue weighted by Gasteiger charge is 2.03. The van der Waals surface area contributed by atoms with Crippen LogP contribution in [0.1, 0.15) is 11.1 Å². The lowest BCUT2D eigenvalue weighted by atomic mass is 10.2. The van der Waals surface area contributed by atoms with Crippen LogP contribution in [-0.4, -0.2) is 17.1 Å². The average molecular weight is 308 g/mol. The largest absolute Gasteiger partial charge is 0.481 e. The van der Waals surface area contributed by atoms with Gasteiger partial charge >= 0.3 is 0 Å². The molecule has 1 N–H and O–H groups in total.